The van der Waals surface area contributed by atoms with E-state index in [1.807, 2.05) is 0 Å². The number of methoxy groups -OCH3 is 2. The van der Waals surface area contributed by atoms with Crippen LogP contribution in [0.1, 0.15) is 17.2 Å². The highest BCUT2D eigenvalue weighted by atomic mass is 35.5. The number of aliphatic hydroxyl groups excluding tert-OH is 1. The predicted octanol–water partition coefficient (Wildman–Crippen LogP) is 5.93. The van der Waals surface area contributed by atoms with Gasteiger partial charge in [0.2, 0.25) is 0 Å². The van der Waals surface area contributed by atoms with Crippen molar-refractivity contribution in [3.8, 4) is 17.2 Å². The number of nitrogens with zero attached hydrogens (tertiary/aromatic N) is 2. The quantitative estimate of drug-likeness (QED) is 0.223. The summed E-state index contributed by atoms with van der Waals surface area (Å²) in [6, 6.07) is 7.54. The molecule has 0 spiro atoms. The summed E-state index contributed by atoms with van der Waals surface area (Å²) in [5.74, 6) is -3.59. The van der Waals surface area contributed by atoms with Gasteiger partial charge in [-0.3, -0.25) is 19.5 Å². The van der Waals surface area contributed by atoms with Crippen LogP contribution in [0.15, 0.2) is 60.4 Å². The molecule has 1 unspecified atom stereocenters. The number of hydrogen-bond donors (Lipinski definition) is 1. The van der Waals surface area contributed by atoms with Crippen LogP contribution in [-0.2, 0) is 9.59 Å². The maximum Gasteiger partial charge on any atom is 0.573 e. The minimum absolute atomic E-state index is 0.0241. The van der Waals surface area contributed by atoms with Crippen molar-refractivity contribution >= 4 is 46.3 Å². The van der Waals surface area contributed by atoms with Gasteiger partial charge in [-0.2, -0.15) is 0 Å². The summed E-state index contributed by atoms with van der Waals surface area (Å²) in [6.07, 6.45) is -2.20. The van der Waals surface area contributed by atoms with Crippen LogP contribution < -0.4 is 19.1 Å². The summed E-state index contributed by atoms with van der Waals surface area (Å²) >= 11 is 12.6. The number of benzene rings is 2. The number of aliphatic hydroxyl groups is 1. The zero-order valence-corrected chi connectivity index (χ0v) is 21.1. The van der Waals surface area contributed by atoms with E-state index in [1.165, 1.54) is 56.9 Å². The van der Waals surface area contributed by atoms with Gasteiger partial charge in [0.25, 0.3) is 11.7 Å². The summed E-state index contributed by atoms with van der Waals surface area (Å²) in [4.78, 5) is 31.5. The van der Waals surface area contributed by atoms with Crippen molar-refractivity contribution < 1.29 is 42.1 Å². The number of ketones is 1. The Morgan fingerprint density at radius 2 is 1.76 bits per heavy atom. The van der Waals surface area contributed by atoms with Gasteiger partial charge < -0.3 is 19.3 Å². The first kappa shape index (κ1) is 27.1. The molecule has 0 saturated carbocycles. The third kappa shape index (κ3) is 4.94. The lowest BCUT2D eigenvalue weighted by Crippen LogP contribution is -2.29. The predicted molar refractivity (Wildman–Crippen MR) is 132 cm³/mol. The lowest BCUT2D eigenvalue weighted by molar-refractivity contribution is -0.274. The highest BCUT2D eigenvalue weighted by Crippen LogP contribution is 2.48. The van der Waals surface area contributed by atoms with Crippen molar-refractivity contribution in [3.63, 3.8) is 0 Å². The summed E-state index contributed by atoms with van der Waals surface area (Å²) in [5, 5.41) is 11.3. The first-order valence-corrected chi connectivity index (χ1v) is 11.4. The molecule has 198 valence electrons. The molecule has 8 nitrogen and oxygen atoms in total. The standard InChI is InChI=1S/C25H17Cl2F3N2O6/c1-36-22-15(10-16(26)23(37-2)18(22)27)20(33)17-19(12-5-4-8-31-11-12)32(24(35)21(17)34)13-6-3-7-14(9-13)38-25(28,29)30/h3-11,19,33H,1-2H3/b20-17+. The smallest absolute Gasteiger partial charge is 0.507 e. The fourth-order valence-corrected chi connectivity index (χ4v) is 4.76. The number of pyridine rings is 1. The molecule has 1 saturated heterocycles. The van der Waals surface area contributed by atoms with Crippen molar-refractivity contribution in [3.05, 3.63) is 81.6 Å². The number of aromatic nitrogens is 1. The van der Waals surface area contributed by atoms with Gasteiger partial charge in [-0.15, -0.1) is 13.2 Å². The van der Waals surface area contributed by atoms with E-state index in [1.54, 1.807) is 0 Å². The Kier molecular flexibility index (Phi) is 7.43. The second kappa shape index (κ2) is 10.4. The van der Waals surface area contributed by atoms with Crippen LogP contribution >= 0.6 is 23.2 Å². The Bertz CT molecular complexity index is 1450. The minimum atomic E-state index is -4.99. The third-order valence-corrected chi connectivity index (χ3v) is 6.19. The molecule has 1 fully saturated rings. The van der Waals surface area contributed by atoms with Crippen LogP contribution in [0.3, 0.4) is 0 Å². The van der Waals surface area contributed by atoms with Crippen LogP contribution in [-0.4, -0.2) is 42.4 Å². The number of anilines is 1. The van der Waals surface area contributed by atoms with Crippen LogP contribution in [0.5, 0.6) is 17.2 Å². The van der Waals surface area contributed by atoms with E-state index in [2.05, 4.69) is 9.72 Å². The average molecular weight is 569 g/mol. The van der Waals surface area contributed by atoms with Crippen molar-refractivity contribution in [2.24, 2.45) is 0 Å². The summed E-state index contributed by atoms with van der Waals surface area (Å²) < 4.78 is 52.9. The first-order chi connectivity index (χ1) is 18.0. The molecule has 0 aliphatic carbocycles. The summed E-state index contributed by atoms with van der Waals surface area (Å²) in [5.41, 5.74) is -0.343. The number of Topliss-reactive ketones (excluding diaryl/α,β-unsaturated/α-hetero) is 1. The molecule has 1 amide bonds. The van der Waals surface area contributed by atoms with Gasteiger partial charge >= 0.3 is 6.36 Å². The van der Waals surface area contributed by atoms with E-state index in [4.69, 9.17) is 32.7 Å². The zero-order valence-electron chi connectivity index (χ0n) is 19.5. The van der Waals surface area contributed by atoms with Crippen molar-refractivity contribution in [1.29, 1.82) is 0 Å². The van der Waals surface area contributed by atoms with Crippen molar-refractivity contribution in [1.82, 2.24) is 4.98 Å². The van der Waals surface area contributed by atoms with E-state index in [0.717, 1.165) is 17.0 Å². The Morgan fingerprint density at radius 3 is 2.37 bits per heavy atom. The average Bonchev–Trinajstić information content (AvgIpc) is 3.13. The van der Waals surface area contributed by atoms with Gasteiger partial charge in [-0.25, -0.2) is 0 Å². The number of ether oxygens (including phenoxy) is 3. The third-order valence-electron chi connectivity index (χ3n) is 5.57. The lowest BCUT2D eigenvalue weighted by atomic mass is 9.95. The fourth-order valence-electron chi connectivity index (χ4n) is 4.07. The fraction of sp³-hybridized carbons (Fsp3) is 0.160. The molecule has 1 N–H and O–H groups in total. The van der Waals surface area contributed by atoms with Gasteiger partial charge in [-0.1, -0.05) is 35.3 Å². The highest BCUT2D eigenvalue weighted by Gasteiger charge is 2.47. The number of halogens is 5. The number of alkyl halides is 3. The normalized spacial score (nSPS) is 17.0. The molecule has 0 radical (unpaired) electrons. The SMILES string of the molecule is COc1c(Cl)cc(/C(O)=C2\C(=O)C(=O)N(c3cccc(OC(F)(F)F)c3)C2c2cccnc2)c(OC)c1Cl. The van der Waals surface area contributed by atoms with E-state index < -0.39 is 41.2 Å². The molecule has 0 bridgehead atoms. The molecule has 1 aromatic heterocycles. The number of amides is 1. The van der Waals surface area contributed by atoms with Crippen molar-refractivity contribution in [2.45, 2.75) is 12.4 Å². The number of carbonyl (C=O) groups excluding carboxylic acids is 2. The number of hydrogen-bond acceptors (Lipinski definition) is 7. The van der Waals surface area contributed by atoms with Crippen LogP contribution in [0.25, 0.3) is 5.76 Å². The number of rotatable bonds is 6. The monoisotopic (exact) mass is 568 g/mol. The Labute approximate surface area is 223 Å². The molecular weight excluding hydrogens is 552 g/mol. The second-order valence-corrected chi connectivity index (χ2v) is 8.57. The van der Waals surface area contributed by atoms with E-state index in [0.29, 0.717) is 0 Å². The minimum Gasteiger partial charge on any atom is -0.507 e. The highest BCUT2D eigenvalue weighted by molar-refractivity contribution is 6.52. The lowest BCUT2D eigenvalue weighted by Gasteiger charge is -2.26. The van der Waals surface area contributed by atoms with Gasteiger partial charge in [0.05, 0.1) is 36.4 Å². The first-order valence-electron chi connectivity index (χ1n) is 10.7. The maximum absolute atomic E-state index is 13.3. The molecule has 2 aromatic carbocycles. The van der Waals surface area contributed by atoms with Gasteiger partial charge in [0.15, 0.2) is 11.5 Å². The molecule has 2 heterocycles. The number of carbonyl (C=O) groups is 2. The van der Waals surface area contributed by atoms with Crippen LogP contribution in [0.4, 0.5) is 18.9 Å². The Balaban J connectivity index is 1.96. The molecule has 4 rings (SSSR count). The molecule has 3 aromatic rings. The van der Waals surface area contributed by atoms with E-state index in [9.17, 15) is 27.9 Å². The summed E-state index contributed by atoms with van der Waals surface area (Å²) in [6.45, 7) is 0. The van der Waals surface area contributed by atoms with E-state index in [-0.39, 0.29) is 38.4 Å². The summed E-state index contributed by atoms with van der Waals surface area (Å²) in [7, 11) is 2.57. The molecule has 1 aliphatic heterocycles. The van der Waals surface area contributed by atoms with Gasteiger partial charge in [0, 0.05) is 24.1 Å². The van der Waals surface area contributed by atoms with Crippen molar-refractivity contribution in [2.75, 3.05) is 19.1 Å². The topological polar surface area (TPSA) is 98.2 Å². The molecule has 1 atom stereocenters. The van der Waals surface area contributed by atoms with Crippen LogP contribution in [0.2, 0.25) is 10.0 Å². The second-order valence-electron chi connectivity index (χ2n) is 7.79. The van der Waals surface area contributed by atoms with E-state index >= 15 is 0 Å². The maximum atomic E-state index is 13.3. The van der Waals surface area contributed by atoms with Gasteiger partial charge in [-0.05, 0) is 29.8 Å². The largest absolute Gasteiger partial charge is 0.573 e. The van der Waals surface area contributed by atoms with Gasteiger partial charge in [0.1, 0.15) is 16.5 Å². The van der Waals surface area contributed by atoms with Crippen LogP contribution in [0, 0.1) is 0 Å². The molecule has 13 heteroatoms. The molecule has 1 aliphatic rings. The Hall–Kier alpha value is -3.96. The molecular formula is C25H17Cl2F3N2O6. The zero-order chi connectivity index (χ0) is 27.8. The Morgan fingerprint density at radius 1 is 1.05 bits per heavy atom. The molecule has 38 heavy (non-hydrogen) atoms.